The smallest absolute Gasteiger partial charge is 0.207 e. The Morgan fingerprint density at radius 2 is 2.22 bits per heavy atom. The van der Waals surface area contributed by atoms with E-state index in [0.29, 0.717) is 6.04 Å². The molecule has 94 valence electrons. The average molecular weight is 243 g/mol. The number of benzene rings is 1. The number of fused-ring (bicyclic) bond motifs is 1. The van der Waals surface area contributed by atoms with Gasteiger partial charge in [-0.1, -0.05) is 18.6 Å². The highest BCUT2D eigenvalue weighted by atomic mass is 16.1. The summed E-state index contributed by atoms with van der Waals surface area (Å²) in [5.74, 6) is 0. The Morgan fingerprint density at radius 1 is 1.33 bits per heavy atom. The van der Waals surface area contributed by atoms with Crippen molar-refractivity contribution in [2.24, 2.45) is 0 Å². The maximum Gasteiger partial charge on any atom is 0.207 e. The van der Waals surface area contributed by atoms with Gasteiger partial charge < -0.3 is 5.32 Å². The maximum absolute atomic E-state index is 11.7. The lowest BCUT2D eigenvalue weighted by molar-refractivity contribution is 0.353. The molecule has 1 unspecified atom stereocenters. The second-order valence-corrected chi connectivity index (χ2v) is 4.85. The number of nitrogens with one attached hydrogen (secondary N) is 1. The van der Waals surface area contributed by atoms with Crippen molar-refractivity contribution in [3.8, 4) is 0 Å². The van der Waals surface area contributed by atoms with Gasteiger partial charge in [0, 0.05) is 11.4 Å². The van der Waals surface area contributed by atoms with Crippen LogP contribution in [0.25, 0.3) is 10.9 Å². The fourth-order valence-corrected chi connectivity index (χ4v) is 2.60. The second-order valence-electron chi connectivity index (χ2n) is 4.85. The molecule has 0 amide bonds. The van der Waals surface area contributed by atoms with Crippen LogP contribution in [0.2, 0.25) is 0 Å². The number of piperidine rings is 1. The van der Waals surface area contributed by atoms with Gasteiger partial charge in [-0.3, -0.25) is 9.48 Å². The van der Waals surface area contributed by atoms with Gasteiger partial charge in [-0.25, -0.2) is 0 Å². The summed E-state index contributed by atoms with van der Waals surface area (Å²) in [6, 6.07) is 8.15. The minimum Gasteiger partial charge on any atom is -0.312 e. The zero-order valence-electron chi connectivity index (χ0n) is 10.3. The van der Waals surface area contributed by atoms with E-state index in [-0.39, 0.29) is 5.43 Å². The standard InChI is InChI=1S/C14H17N3O/c18-14-9-16-17(10-11-5-3-4-8-15-11)13-7-2-1-6-12(13)14/h1-2,6-7,9,11,15H,3-5,8,10H2. The topological polar surface area (TPSA) is 46.9 Å². The second kappa shape index (κ2) is 4.90. The molecule has 2 heterocycles. The van der Waals surface area contributed by atoms with E-state index in [1.165, 1.54) is 25.5 Å². The third-order valence-corrected chi connectivity index (χ3v) is 3.57. The summed E-state index contributed by atoms with van der Waals surface area (Å²) in [5, 5.41) is 8.53. The summed E-state index contributed by atoms with van der Waals surface area (Å²) >= 11 is 0. The van der Waals surface area contributed by atoms with E-state index in [1.807, 2.05) is 28.9 Å². The van der Waals surface area contributed by atoms with E-state index in [0.717, 1.165) is 24.0 Å². The SMILES string of the molecule is O=c1cnn(CC2CCCCN2)c2ccccc12. The lowest BCUT2D eigenvalue weighted by Gasteiger charge is -2.24. The van der Waals surface area contributed by atoms with Gasteiger partial charge in [0.2, 0.25) is 5.43 Å². The van der Waals surface area contributed by atoms with E-state index in [4.69, 9.17) is 0 Å². The molecule has 1 aliphatic heterocycles. The van der Waals surface area contributed by atoms with Crippen molar-refractivity contribution in [1.29, 1.82) is 0 Å². The largest absolute Gasteiger partial charge is 0.312 e. The number of hydrogen-bond acceptors (Lipinski definition) is 3. The van der Waals surface area contributed by atoms with Gasteiger partial charge in [-0.2, -0.15) is 5.10 Å². The van der Waals surface area contributed by atoms with Gasteiger partial charge in [-0.15, -0.1) is 0 Å². The first-order valence-corrected chi connectivity index (χ1v) is 6.53. The number of nitrogens with zero attached hydrogens (tertiary/aromatic N) is 2. The number of para-hydroxylation sites is 1. The average Bonchev–Trinajstić information content (AvgIpc) is 2.44. The maximum atomic E-state index is 11.7. The summed E-state index contributed by atoms with van der Waals surface area (Å²) in [5.41, 5.74) is 0.927. The molecule has 1 aromatic carbocycles. The predicted octanol–water partition coefficient (Wildman–Crippen LogP) is 1.54. The molecule has 4 nitrogen and oxygen atoms in total. The molecule has 0 saturated carbocycles. The predicted molar refractivity (Wildman–Crippen MR) is 71.6 cm³/mol. The quantitative estimate of drug-likeness (QED) is 0.870. The Balaban J connectivity index is 1.96. The molecular weight excluding hydrogens is 226 g/mol. The normalized spacial score (nSPS) is 20.1. The van der Waals surface area contributed by atoms with Gasteiger partial charge in [-0.05, 0) is 31.5 Å². The Kier molecular flexibility index (Phi) is 3.11. The van der Waals surface area contributed by atoms with Gasteiger partial charge in [0.25, 0.3) is 0 Å². The van der Waals surface area contributed by atoms with Crippen molar-refractivity contribution in [2.75, 3.05) is 6.54 Å². The first-order valence-electron chi connectivity index (χ1n) is 6.53. The number of hydrogen-bond donors (Lipinski definition) is 1. The number of aromatic nitrogens is 2. The molecule has 3 rings (SSSR count). The Morgan fingerprint density at radius 3 is 3.06 bits per heavy atom. The van der Waals surface area contributed by atoms with Crippen LogP contribution in [0.15, 0.2) is 35.3 Å². The fourth-order valence-electron chi connectivity index (χ4n) is 2.60. The molecule has 1 saturated heterocycles. The summed E-state index contributed by atoms with van der Waals surface area (Å²) < 4.78 is 1.94. The zero-order valence-corrected chi connectivity index (χ0v) is 10.3. The minimum absolute atomic E-state index is 0.00143. The third kappa shape index (κ3) is 2.16. The summed E-state index contributed by atoms with van der Waals surface area (Å²) in [4.78, 5) is 11.7. The number of rotatable bonds is 2. The van der Waals surface area contributed by atoms with Crippen LogP contribution in [0.3, 0.4) is 0 Å². The van der Waals surface area contributed by atoms with E-state index in [2.05, 4.69) is 10.4 Å². The fraction of sp³-hybridized carbons (Fsp3) is 0.429. The molecule has 18 heavy (non-hydrogen) atoms. The lowest BCUT2D eigenvalue weighted by atomic mass is 10.1. The molecule has 2 aromatic rings. The molecular formula is C14H17N3O. The van der Waals surface area contributed by atoms with Crippen LogP contribution in [0.5, 0.6) is 0 Å². The van der Waals surface area contributed by atoms with E-state index in [9.17, 15) is 4.79 Å². The van der Waals surface area contributed by atoms with Crippen LogP contribution in [-0.2, 0) is 6.54 Å². The molecule has 1 aromatic heterocycles. The van der Waals surface area contributed by atoms with Crippen molar-refractivity contribution in [1.82, 2.24) is 15.1 Å². The van der Waals surface area contributed by atoms with Crippen molar-refractivity contribution in [2.45, 2.75) is 31.8 Å². The first-order chi connectivity index (χ1) is 8.84. The third-order valence-electron chi connectivity index (χ3n) is 3.57. The van der Waals surface area contributed by atoms with Crippen molar-refractivity contribution < 1.29 is 0 Å². The van der Waals surface area contributed by atoms with E-state index < -0.39 is 0 Å². The molecule has 1 atom stereocenters. The zero-order chi connectivity index (χ0) is 12.4. The molecule has 0 aliphatic carbocycles. The summed E-state index contributed by atoms with van der Waals surface area (Å²) in [6.07, 6.45) is 5.14. The van der Waals surface area contributed by atoms with Crippen LogP contribution < -0.4 is 10.7 Å². The molecule has 0 bridgehead atoms. The van der Waals surface area contributed by atoms with E-state index >= 15 is 0 Å². The summed E-state index contributed by atoms with van der Waals surface area (Å²) in [6.45, 7) is 1.92. The Labute approximate surface area is 106 Å². The summed E-state index contributed by atoms with van der Waals surface area (Å²) in [7, 11) is 0. The van der Waals surface area contributed by atoms with Crippen molar-refractivity contribution in [3.63, 3.8) is 0 Å². The lowest BCUT2D eigenvalue weighted by Crippen LogP contribution is -2.38. The van der Waals surface area contributed by atoms with Gasteiger partial charge in [0.05, 0.1) is 18.3 Å². The van der Waals surface area contributed by atoms with E-state index in [1.54, 1.807) is 0 Å². The van der Waals surface area contributed by atoms with Gasteiger partial charge in [0.15, 0.2) is 0 Å². The monoisotopic (exact) mass is 243 g/mol. The van der Waals surface area contributed by atoms with Crippen LogP contribution in [0.4, 0.5) is 0 Å². The molecule has 1 fully saturated rings. The highest BCUT2D eigenvalue weighted by molar-refractivity contribution is 5.77. The molecule has 1 aliphatic rings. The Bertz CT molecular complexity index is 599. The van der Waals surface area contributed by atoms with Crippen LogP contribution >= 0.6 is 0 Å². The van der Waals surface area contributed by atoms with Crippen molar-refractivity contribution in [3.05, 3.63) is 40.7 Å². The van der Waals surface area contributed by atoms with Crippen LogP contribution in [-0.4, -0.2) is 22.4 Å². The minimum atomic E-state index is -0.00143. The Hall–Kier alpha value is -1.68. The van der Waals surface area contributed by atoms with Crippen LogP contribution in [0, 0.1) is 0 Å². The van der Waals surface area contributed by atoms with Gasteiger partial charge >= 0.3 is 0 Å². The highest BCUT2D eigenvalue weighted by Gasteiger charge is 2.14. The van der Waals surface area contributed by atoms with Crippen LogP contribution in [0.1, 0.15) is 19.3 Å². The highest BCUT2D eigenvalue weighted by Crippen LogP contribution is 2.12. The molecule has 0 radical (unpaired) electrons. The molecule has 1 N–H and O–H groups in total. The first kappa shape index (κ1) is 11.4. The molecule has 0 spiro atoms. The molecule has 4 heteroatoms. The van der Waals surface area contributed by atoms with Crippen molar-refractivity contribution >= 4 is 10.9 Å². The van der Waals surface area contributed by atoms with Gasteiger partial charge in [0.1, 0.15) is 0 Å².